The molecule has 0 bridgehead atoms. The second-order valence-corrected chi connectivity index (χ2v) is 8.55. The molecule has 2 aliphatic heterocycles. The summed E-state index contributed by atoms with van der Waals surface area (Å²) in [5, 5.41) is 12.7. The molecule has 2 unspecified atom stereocenters. The molecule has 0 radical (unpaired) electrons. The van der Waals surface area contributed by atoms with Gasteiger partial charge in [-0.2, -0.15) is 0 Å². The van der Waals surface area contributed by atoms with Gasteiger partial charge in [0.25, 0.3) is 0 Å². The lowest BCUT2D eigenvalue weighted by Crippen LogP contribution is -2.51. The molecule has 154 valence electrons. The first-order chi connectivity index (χ1) is 12.7. The summed E-state index contributed by atoms with van der Waals surface area (Å²) in [7, 11) is 0. The molecule has 2 saturated heterocycles. The first-order valence-electron chi connectivity index (χ1n) is 10.6. The molecule has 2 atom stereocenters. The highest BCUT2D eigenvalue weighted by Gasteiger charge is 2.34. The van der Waals surface area contributed by atoms with Crippen LogP contribution in [0.2, 0.25) is 0 Å². The highest BCUT2D eigenvalue weighted by molar-refractivity contribution is 5.85. The summed E-state index contributed by atoms with van der Waals surface area (Å²) in [6.45, 7) is 10.8. The topological polar surface area (TPSA) is 59.3 Å². The lowest BCUT2D eigenvalue weighted by molar-refractivity contribution is 0.0469. The van der Waals surface area contributed by atoms with E-state index in [1.165, 1.54) is 38.8 Å². The Hall–Kier alpha value is -0.760. The van der Waals surface area contributed by atoms with E-state index in [2.05, 4.69) is 39.2 Å². The Morgan fingerprint density at radius 1 is 1.04 bits per heavy atom. The normalized spacial score (nSPS) is 26.6. The second-order valence-electron chi connectivity index (χ2n) is 8.55. The molecule has 0 aromatic carbocycles. The molecule has 3 aliphatic rings. The highest BCUT2D eigenvalue weighted by Crippen LogP contribution is 2.30. The second kappa shape index (κ2) is 9.63. The standard InChI is InChI=1S/C19H34N6O.ClH/c1-15(2)18(19-20-21-22-25(19)14-17-8-5-13-26-17)24-11-9-23(10-12-24)16-6-3-4-7-16;/h15-18H,3-14H2,1-2H3;1H. The smallest absolute Gasteiger partial charge is 0.168 e. The molecule has 1 saturated carbocycles. The van der Waals surface area contributed by atoms with Gasteiger partial charge < -0.3 is 4.74 Å². The molecule has 1 aliphatic carbocycles. The Kier molecular flexibility index (Phi) is 7.48. The van der Waals surface area contributed by atoms with Crippen molar-refractivity contribution >= 4 is 12.4 Å². The average molecular weight is 399 g/mol. The van der Waals surface area contributed by atoms with Gasteiger partial charge in [-0.1, -0.05) is 26.7 Å². The van der Waals surface area contributed by atoms with Gasteiger partial charge in [0.15, 0.2) is 5.82 Å². The quantitative estimate of drug-likeness (QED) is 0.733. The summed E-state index contributed by atoms with van der Waals surface area (Å²) in [6, 6.07) is 1.12. The van der Waals surface area contributed by atoms with Crippen molar-refractivity contribution < 1.29 is 4.74 Å². The third-order valence-electron chi connectivity index (χ3n) is 6.44. The average Bonchev–Trinajstić information content (AvgIpc) is 3.39. The highest BCUT2D eigenvalue weighted by atomic mass is 35.5. The van der Waals surface area contributed by atoms with Crippen molar-refractivity contribution in [2.75, 3.05) is 32.8 Å². The molecule has 1 aromatic heterocycles. The number of piperazine rings is 1. The van der Waals surface area contributed by atoms with Crippen molar-refractivity contribution in [3.63, 3.8) is 0 Å². The van der Waals surface area contributed by atoms with Crippen LogP contribution in [-0.2, 0) is 11.3 Å². The molecular weight excluding hydrogens is 364 g/mol. The lowest BCUT2D eigenvalue weighted by Gasteiger charge is -2.42. The van der Waals surface area contributed by atoms with E-state index >= 15 is 0 Å². The van der Waals surface area contributed by atoms with Crippen molar-refractivity contribution in [1.82, 2.24) is 30.0 Å². The lowest BCUT2D eigenvalue weighted by atomic mass is 10.00. The minimum absolute atomic E-state index is 0. The summed E-state index contributed by atoms with van der Waals surface area (Å²) >= 11 is 0. The zero-order chi connectivity index (χ0) is 17.9. The van der Waals surface area contributed by atoms with Gasteiger partial charge in [0, 0.05) is 38.8 Å². The predicted molar refractivity (Wildman–Crippen MR) is 107 cm³/mol. The molecule has 4 rings (SSSR count). The summed E-state index contributed by atoms with van der Waals surface area (Å²) in [5.41, 5.74) is 0. The van der Waals surface area contributed by atoms with Gasteiger partial charge in [-0.05, 0) is 42.0 Å². The Balaban J connectivity index is 0.00000210. The Labute approximate surface area is 169 Å². The van der Waals surface area contributed by atoms with Crippen LogP contribution in [0.4, 0.5) is 0 Å². The maximum absolute atomic E-state index is 5.80. The molecule has 27 heavy (non-hydrogen) atoms. The van der Waals surface area contributed by atoms with Crippen molar-refractivity contribution in [1.29, 1.82) is 0 Å². The van der Waals surface area contributed by atoms with Crippen molar-refractivity contribution in [3.05, 3.63) is 5.82 Å². The fourth-order valence-corrected chi connectivity index (χ4v) is 5.07. The van der Waals surface area contributed by atoms with Crippen molar-refractivity contribution in [3.8, 4) is 0 Å². The number of halogens is 1. The number of nitrogens with zero attached hydrogens (tertiary/aromatic N) is 6. The van der Waals surface area contributed by atoms with Gasteiger partial charge in [-0.3, -0.25) is 9.80 Å². The van der Waals surface area contributed by atoms with Crippen LogP contribution >= 0.6 is 12.4 Å². The molecule has 0 N–H and O–H groups in total. The Morgan fingerprint density at radius 3 is 2.41 bits per heavy atom. The van der Waals surface area contributed by atoms with Crippen LogP contribution in [0.5, 0.6) is 0 Å². The zero-order valence-corrected chi connectivity index (χ0v) is 17.6. The van der Waals surface area contributed by atoms with Gasteiger partial charge >= 0.3 is 0 Å². The van der Waals surface area contributed by atoms with E-state index < -0.39 is 0 Å². The van der Waals surface area contributed by atoms with E-state index in [-0.39, 0.29) is 24.6 Å². The monoisotopic (exact) mass is 398 g/mol. The third-order valence-corrected chi connectivity index (χ3v) is 6.44. The maximum atomic E-state index is 5.80. The first kappa shape index (κ1) is 21.0. The number of hydrogen-bond acceptors (Lipinski definition) is 6. The van der Waals surface area contributed by atoms with E-state index in [0.717, 1.165) is 50.9 Å². The predicted octanol–water partition coefficient (Wildman–Crippen LogP) is 2.53. The van der Waals surface area contributed by atoms with Gasteiger partial charge in [0.2, 0.25) is 0 Å². The summed E-state index contributed by atoms with van der Waals surface area (Å²) < 4.78 is 7.81. The molecule has 1 aromatic rings. The van der Waals surface area contributed by atoms with E-state index in [1.807, 2.05) is 4.68 Å². The van der Waals surface area contributed by atoms with Crippen LogP contribution in [0.1, 0.15) is 64.2 Å². The van der Waals surface area contributed by atoms with Crippen LogP contribution in [0.25, 0.3) is 0 Å². The van der Waals surface area contributed by atoms with Crippen LogP contribution in [-0.4, -0.2) is 74.9 Å². The fraction of sp³-hybridized carbons (Fsp3) is 0.947. The third kappa shape index (κ3) is 4.81. The minimum Gasteiger partial charge on any atom is -0.376 e. The van der Waals surface area contributed by atoms with Gasteiger partial charge in [0.05, 0.1) is 18.7 Å². The number of aromatic nitrogens is 4. The molecule has 8 heteroatoms. The van der Waals surface area contributed by atoms with E-state index in [0.29, 0.717) is 5.92 Å². The molecular formula is C19H35ClN6O. The minimum atomic E-state index is 0. The van der Waals surface area contributed by atoms with E-state index in [9.17, 15) is 0 Å². The van der Waals surface area contributed by atoms with Crippen LogP contribution in [0.3, 0.4) is 0 Å². The van der Waals surface area contributed by atoms with Gasteiger partial charge in [0.1, 0.15) is 0 Å². The zero-order valence-electron chi connectivity index (χ0n) is 16.8. The SMILES string of the molecule is CC(C)C(c1nnnn1CC1CCCO1)N1CCN(C2CCCC2)CC1.Cl. The molecule has 3 heterocycles. The van der Waals surface area contributed by atoms with Gasteiger partial charge in [-0.25, -0.2) is 4.68 Å². The summed E-state index contributed by atoms with van der Waals surface area (Å²) in [4.78, 5) is 5.32. The van der Waals surface area contributed by atoms with E-state index in [1.54, 1.807) is 0 Å². The largest absolute Gasteiger partial charge is 0.376 e. The van der Waals surface area contributed by atoms with Gasteiger partial charge in [-0.15, -0.1) is 17.5 Å². The Bertz CT molecular complexity index is 562. The molecule has 0 amide bonds. The molecule has 3 fully saturated rings. The number of hydrogen-bond donors (Lipinski definition) is 0. The Morgan fingerprint density at radius 2 is 1.78 bits per heavy atom. The van der Waals surface area contributed by atoms with Crippen LogP contribution in [0, 0.1) is 5.92 Å². The summed E-state index contributed by atoms with van der Waals surface area (Å²) in [5.74, 6) is 1.51. The first-order valence-corrected chi connectivity index (χ1v) is 10.6. The fourth-order valence-electron chi connectivity index (χ4n) is 5.07. The number of tetrazole rings is 1. The number of rotatable bonds is 6. The van der Waals surface area contributed by atoms with Crippen molar-refractivity contribution in [2.45, 2.75) is 77.1 Å². The van der Waals surface area contributed by atoms with E-state index in [4.69, 9.17) is 4.74 Å². The number of ether oxygens (including phenoxy) is 1. The maximum Gasteiger partial charge on any atom is 0.168 e. The molecule has 0 spiro atoms. The summed E-state index contributed by atoms with van der Waals surface area (Å²) in [6.07, 6.45) is 8.16. The van der Waals surface area contributed by atoms with Crippen LogP contribution in [0.15, 0.2) is 0 Å². The molecule has 7 nitrogen and oxygen atoms in total. The van der Waals surface area contributed by atoms with Crippen LogP contribution < -0.4 is 0 Å². The van der Waals surface area contributed by atoms with Crippen molar-refractivity contribution in [2.24, 2.45) is 5.92 Å².